The molecular formula is C27H19Cl2N2O. The molecule has 157 valence electrons. The zero-order chi connectivity index (χ0) is 22.4. The quantitative estimate of drug-likeness (QED) is 0.309. The number of halogens is 2. The van der Waals surface area contributed by atoms with Gasteiger partial charge >= 0.3 is 0 Å². The van der Waals surface area contributed by atoms with Gasteiger partial charge in [-0.25, -0.2) is 0 Å². The van der Waals surface area contributed by atoms with Gasteiger partial charge in [-0.3, -0.25) is 4.79 Å². The van der Waals surface area contributed by atoms with Crippen LogP contribution in [0, 0.1) is 13.0 Å². The average molecular weight is 458 g/mol. The molecule has 0 saturated carbocycles. The number of carbonyl (C=O) groups is 1. The van der Waals surface area contributed by atoms with Crippen molar-refractivity contribution in [3.05, 3.63) is 106 Å². The summed E-state index contributed by atoms with van der Waals surface area (Å²) < 4.78 is 2.19. The molecule has 4 aromatic carbocycles. The second-order valence-corrected chi connectivity index (χ2v) is 8.70. The van der Waals surface area contributed by atoms with Crippen LogP contribution >= 0.6 is 23.2 Å². The van der Waals surface area contributed by atoms with E-state index in [4.69, 9.17) is 28.9 Å². The normalized spacial score (nSPS) is 11.3. The molecule has 5 aromatic rings. The molecule has 0 unspecified atom stereocenters. The molecule has 2 N–H and O–H groups in total. The number of nitrogens with zero attached hydrogens (tertiary/aromatic N) is 1. The van der Waals surface area contributed by atoms with E-state index < -0.39 is 5.91 Å². The molecule has 5 heteroatoms. The lowest BCUT2D eigenvalue weighted by Crippen LogP contribution is -2.11. The lowest BCUT2D eigenvalue weighted by atomic mass is 10.0. The highest BCUT2D eigenvalue weighted by Crippen LogP contribution is 2.39. The highest BCUT2D eigenvalue weighted by Gasteiger charge is 2.18. The summed E-state index contributed by atoms with van der Waals surface area (Å²) in [6.07, 6.45) is 0. The van der Waals surface area contributed by atoms with E-state index >= 15 is 0 Å². The van der Waals surface area contributed by atoms with E-state index in [0.29, 0.717) is 22.2 Å². The van der Waals surface area contributed by atoms with Crippen molar-refractivity contribution in [3.63, 3.8) is 0 Å². The number of carbonyl (C=O) groups excluding carboxylic acids is 1. The first-order chi connectivity index (χ1) is 15.4. The van der Waals surface area contributed by atoms with Crippen LogP contribution in [0.2, 0.25) is 10.0 Å². The third-order valence-electron chi connectivity index (χ3n) is 5.77. The van der Waals surface area contributed by atoms with Gasteiger partial charge in [0, 0.05) is 38.5 Å². The molecule has 1 heterocycles. The highest BCUT2D eigenvalue weighted by atomic mass is 35.5. The predicted molar refractivity (Wildman–Crippen MR) is 133 cm³/mol. The fourth-order valence-corrected chi connectivity index (χ4v) is 4.84. The summed E-state index contributed by atoms with van der Waals surface area (Å²) >= 11 is 13.0. The van der Waals surface area contributed by atoms with Crippen LogP contribution < -0.4 is 5.73 Å². The van der Waals surface area contributed by atoms with E-state index in [0.717, 1.165) is 38.5 Å². The first-order valence-electron chi connectivity index (χ1n) is 10.2. The number of hydrogen-bond donors (Lipinski definition) is 1. The second kappa shape index (κ2) is 8.01. The van der Waals surface area contributed by atoms with Gasteiger partial charge < -0.3 is 10.3 Å². The van der Waals surface area contributed by atoms with Crippen LogP contribution in [0.5, 0.6) is 0 Å². The summed E-state index contributed by atoms with van der Waals surface area (Å²) in [5, 5.41) is 2.79. The molecule has 1 amide bonds. The van der Waals surface area contributed by atoms with Crippen LogP contribution in [0.4, 0.5) is 0 Å². The van der Waals surface area contributed by atoms with Crippen molar-refractivity contribution in [1.29, 1.82) is 0 Å². The number of primary amides is 1. The third-order valence-corrected chi connectivity index (χ3v) is 6.40. The summed E-state index contributed by atoms with van der Waals surface area (Å²) in [7, 11) is 0. The largest absolute Gasteiger partial charge is 0.366 e. The summed E-state index contributed by atoms with van der Waals surface area (Å²) in [5.74, 6) is -0.461. The van der Waals surface area contributed by atoms with Crippen molar-refractivity contribution in [3.8, 4) is 11.1 Å². The van der Waals surface area contributed by atoms with Crippen LogP contribution in [0.15, 0.2) is 72.8 Å². The molecule has 0 saturated heterocycles. The SMILES string of the molecule is Cc1ccc(Cn2c3cc(-c4c(Cl)cccc4Cl)c[c]c3c3c(C(N)=O)cccc32)cc1. The lowest BCUT2D eigenvalue weighted by molar-refractivity contribution is 0.100. The van der Waals surface area contributed by atoms with Crippen molar-refractivity contribution >= 4 is 50.9 Å². The van der Waals surface area contributed by atoms with Gasteiger partial charge in [-0.2, -0.15) is 0 Å². The van der Waals surface area contributed by atoms with E-state index in [1.54, 1.807) is 6.07 Å². The van der Waals surface area contributed by atoms with Gasteiger partial charge in [-0.1, -0.05) is 65.2 Å². The summed E-state index contributed by atoms with van der Waals surface area (Å²) in [6.45, 7) is 2.70. The molecule has 0 fully saturated rings. The summed E-state index contributed by atoms with van der Waals surface area (Å²) in [6, 6.07) is 26.8. The number of aromatic nitrogens is 1. The third kappa shape index (κ3) is 3.44. The molecule has 1 aromatic heterocycles. The summed E-state index contributed by atoms with van der Waals surface area (Å²) in [5.41, 5.74) is 12.0. The number of rotatable bonds is 4. The first kappa shape index (κ1) is 20.6. The Balaban J connectivity index is 1.82. The number of fused-ring (bicyclic) bond motifs is 3. The van der Waals surface area contributed by atoms with Gasteiger partial charge in [0.15, 0.2) is 0 Å². The van der Waals surface area contributed by atoms with Crippen LogP contribution in [0.3, 0.4) is 0 Å². The van der Waals surface area contributed by atoms with Gasteiger partial charge in [0.05, 0.1) is 11.0 Å². The molecular weight excluding hydrogens is 439 g/mol. The van der Waals surface area contributed by atoms with Crippen LogP contribution in [0.25, 0.3) is 32.9 Å². The Bertz CT molecular complexity index is 1480. The van der Waals surface area contributed by atoms with E-state index in [-0.39, 0.29) is 0 Å². The van der Waals surface area contributed by atoms with E-state index in [1.165, 1.54) is 5.56 Å². The van der Waals surface area contributed by atoms with Gasteiger partial charge in [0.2, 0.25) is 5.91 Å². The predicted octanol–water partition coefficient (Wildman–Crippen LogP) is 7.02. The number of benzene rings is 4. The van der Waals surface area contributed by atoms with Crippen molar-refractivity contribution in [2.75, 3.05) is 0 Å². The molecule has 3 nitrogen and oxygen atoms in total. The maximum absolute atomic E-state index is 12.2. The minimum Gasteiger partial charge on any atom is -0.366 e. The monoisotopic (exact) mass is 457 g/mol. The molecule has 0 bridgehead atoms. The van der Waals surface area contributed by atoms with E-state index in [9.17, 15) is 4.79 Å². The molecule has 0 atom stereocenters. The van der Waals surface area contributed by atoms with Gasteiger partial charge in [0.25, 0.3) is 0 Å². The standard InChI is InChI=1S/C27H19Cl2N2O/c1-16-8-10-17(11-9-16)15-31-23-7-2-4-20(27(30)32)26(23)19-13-12-18(14-24(19)31)25-21(28)5-3-6-22(25)29/h2-12,14H,15H2,1H3,(H2,30,32). The van der Waals surface area contributed by atoms with Crippen molar-refractivity contribution in [1.82, 2.24) is 4.57 Å². The topological polar surface area (TPSA) is 48.0 Å². The smallest absolute Gasteiger partial charge is 0.249 e. The Morgan fingerprint density at radius 2 is 1.66 bits per heavy atom. The fraction of sp³-hybridized carbons (Fsp3) is 0.0741. The van der Waals surface area contributed by atoms with E-state index in [1.807, 2.05) is 36.4 Å². The lowest BCUT2D eigenvalue weighted by Gasteiger charge is -2.11. The number of amides is 1. The molecule has 0 aliphatic heterocycles. The molecule has 32 heavy (non-hydrogen) atoms. The number of aryl methyl sites for hydroxylation is 1. The Hall–Kier alpha value is -3.27. The minimum atomic E-state index is -0.461. The first-order valence-corrected chi connectivity index (χ1v) is 11.0. The Kier molecular flexibility index (Phi) is 5.16. The van der Waals surface area contributed by atoms with Crippen molar-refractivity contribution < 1.29 is 4.79 Å². The Morgan fingerprint density at radius 1 is 0.969 bits per heavy atom. The summed E-state index contributed by atoms with van der Waals surface area (Å²) in [4.78, 5) is 12.2. The molecule has 0 aliphatic rings. The maximum atomic E-state index is 12.2. The second-order valence-electron chi connectivity index (χ2n) is 7.88. The van der Waals surface area contributed by atoms with Gasteiger partial charge in [-0.15, -0.1) is 0 Å². The molecule has 0 aliphatic carbocycles. The molecule has 0 spiro atoms. The van der Waals surface area contributed by atoms with Gasteiger partial charge in [-0.05, 0) is 60.5 Å². The molecule has 1 radical (unpaired) electrons. The number of nitrogens with two attached hydrogens (primary N) is 1. The fourth-order valence-electron chi connectivity index (χ4n) is 4.23. The van der Waals surface area contributed by atoms with Crippen LogP contribution in [-0.4, -0.2) is 10.5 Å². The zero-order valence-corrected chi connectivity index (χ0v) is 18.8. The number of hydrogen-bond acceptors (Lipinski definition) is 1. The van der Waals surface area contributed by atoms with Crippen molar-refractivity contribution in [2.45, 2.75) is 13.5 Å². The Morgan fingerprint density at radius 3 is 2.34 bits per heavy atom. The Labute approximate surface area is 196 Å². The van der Waals surface area contributed by atoms with Crippen molar-refractivity contribution in [2.24, 2.45) is 5.73 Å². The van der Waals surface area contributed by atoms with E-state index in [2.05, 4.69) is 47.9 Å². The average Bonchev–Trinajstić information content (AvgIpc) is 3.08. The van der Waals surface area contributed by atoms with Gasteiger partial charge in [0.1, 0.15) is 0 Å². The molecule has 5 rings (SSSR count). The minimum absolute atomic E-state index is 0.461. The maximum Gasteiger partial charge on any atom is 0.249 e. The zero-order valence-electron chi connectivity index (χ0n) is 17.3. The van der Waals surface area contributed by atoms with Crippen LogP contribution in [-0.2, 0) is 6.54 Å². The van der Waals surface area contributed by atoms with Crippen LogP contribution in [0.1, 0.15) is 21.5 Å². The highest BCUT2D eigenvalue weighted by molar-refractivity contribution is 6.39.